The molecule has 0 amide bonds. The Morgan fingerprint density at radius 2 is 1.67 bits per heavy atom. The molecule has 5 heteroatoms. The van der Waals surface area contributed by atoms with Crippen LogP contribution in [0.4, 0.5) is 0 Å². The zero-order chi connectivity index (χ0) is 14.6. The van der Waals surface area contributed by atoms with Crippen molar-refractivity contribution in [3.05, 3.63) is 53.3 Å². The third-order valence-electron chi connectivity index (χ3n) is 4.50. The van der Waals surface area contributed by atoms with Crippen molar-refractivity contribution in [3.63, 3.8) is 0 Å². The van der Waals surface area contributed by atoms with Gasteiger partial charge in [-0.05, 0) is 0 Å². The molecule has 132 valence electrons. The van der Waals surface area contributed by atoms with Gasteiger partial charge in [0.1, 0.15) is 0 Å². The van der Waals surface area contributed by atoms with Crippen LogP contribution in [0.25, 0.3) is 0 Å². The first kappa shape index (κ1) is 29.3. The van der Waals surface area contributed by atoms with Crippen LogP contribution in [-0.4, -0.2) is 8.07 Å². The van der Waals surface area contributed by atoms with E-state index >= 15 is 0 Å². The van der Waals surface area contributed by atoms with E-state index in [-0.39, 0.29) is 58.9 Å². The van der Waals surface area contributed by atoms with Crippen LogP contribution in [0.3, 0.4) is 0 Å². The van der Waals surface area contributed by atoms with Gasteiger partial charge in [-0.2, -0.15) is 11.3 Å². The van der Waals surface area contributed by atoms with Gasteiger partial charge in [0.05, 0.1) is 0 Å². The fraction of sp³-hybridized carbons (Fsp3) is 0.474. The van der Waals surface area contributed by atoms with Gasteiger partial charge in [0, 0.05) is 8.07 Å². The van der Waals surface area contributed by atoms with E-state index in [1.807, 2.05) is 0 Å². The molecule has 0 bridgehead atoms. The molecule has 0 aliphatic heterocycles. The molecule has 0 N–H and O–H groups in total. The van der Waals surface area contributed by atoms with Gasteiger partial charge >= 0.3 is 21.7 Å². The molecule has 24 heavy (non-hydrogen) atoms. The Hall–Kier alpha value is 0.501. The number of hydrogen-bond acceptors (Lipinski definition) is 0. The first-order chi connectivity index (χ1) is 9.59. The molecular formula is C19H27Cl3SiTi. The average Bonchev–Trinajstić information content (AvgIpc) is 2.96. The third-order valence-corrected chi connectivity index (χ3v) is 9.13. The fourth-order valence-corrected chi connectivity index (χ4v) is 7.66. The molecule has 1 atom stereocenters. The topological polar surface area (TPSA) is 0 Å². The van der Waals surface area contributed by atoms with Crippen LogP contribution in [0, 0.1) is 12.0 Å². The quantitative estimate of drug-likeness (QED) is 0.315. The molecular weight excluding hydrogens is 411 g/mol. The summed E-state index contributed by atoms with van der Waals surface area (Å²) >= 11 is 0. The number of benzene rings is 1. The summed E-state index contributed by atoms with van der Waals surface area (Å²) in [4.78, 5) is 0. The van der Waals surface area contributed by atoms with Crippen molar-refractivity contribution in [1.29, 1.82) is 0 Å². The van der Waals surface area contributed by atoms with Gasteiger partial charge in [-0.3, -0.25) is 6.08 Å². The Morgan fingerprint density at radius 3 is 2.17 bits per heavy atom. The number of hydrogen-bond donors (Lipinski definition) is 0. The van der Waals surface area contributed by atoms with E-state index < -0.39 is 8.07 Å². The maximum absolute atomic E-state index is 3.62. The van der Waals surface area contributed by atoms with Crippen LogP contribution in [-0.2, 0) is 21.7 Å². The first-order valence-corrected chi connectivity index (χ1v) is 10.7. The van der Waals surface area contributed by atoms with Gasteiger partial charge < -0.3 is 37.2 Å². The van der Waals surface area contributed by atoms with E-state index in [0.717, 1.165) is 6.42 Å². The van der Waals surface area contributed by atoms with Gasteiger partial charge in [-0.15, -0.1) is 6.42 Å². The van der Waals surface area contributed by atoms with Crippen molar-refractivity contribution < 1.29 is 58.9 Å². The van der Waals surface area contributed by atoms with Gasteiger partial charge in [0.2, 0.25) is 0 Å². The average molecular weight is 438 g/mol. The van der Waals surface area contributed by atoms with Crippen LogP contribution >= 0.6 is 0 Å². The van der Waals surface area contributed by atoms with Gasteiger partial charge in [0.15, 0.2) is 0 Å². The molecule has 0 heterocycles. The van der Waals surface area contributed by atoms with Crippen LogP contribution in [0.2, 0.25) is 12.6 Å². The van der Waals surface area contributed by atoms with E-state index in [2.05, 4.69) is 69.8 Å². The zero-order valence-corrected chi connectivity index (χ0v) is 19.8. The zero-order valence-electron chi connectivity index (χ0n) is 15.0. The Labute approximate surface area is 183 Å². The van der Waals surface area contributed by atoms with Crippen molar-refractivity contribution in [1.82, 2.24) is 0 Å². The van der Waals surface area contributed by atoms with Gasteiger partial charge in [0.25, 0.3) is 0 Å². The number of allylic oxidation sites excluding steroid dienone is 4. The molecule has 0 nitrogen and oxygen atoms in total. The van der Waals surface area contributed by atoms with Crippen molar-refractivity contribution in [3.8, 4) is 0 Å². The first-order valence-electron chi connectivity index (χ1n) is 7.97. The SMILES string of the molecule is CCCC[Si](C)(C1=CC[C-]=C1C(C)C)c1ccccc1.[Cl-].[Cl-].[Cl-].[Ti+4]. The van der Waals surface area contributed by atoms with Crippen LogP contribution in [0.5, 0.6) is 0 Å². The molecule has 1 aliphatic carbocycles. The van der Waals surface area contributed by atoms with E-state index in [4.69, 9.17) is 0 Å². The molecule has 2 rings (SSSR count). The standard InChI is InChI=1S/C19H27Si.3ClH.Ti/c1-5-6-15-20(4,17-11-8-7-9-12-17)19-14-10-13-18(19)16(2)3;;;;/h7-9,11-12,14,16H,5-6,10,15H2,1-4H3;3*1H;/q-1;;;;+4/p-3. The minimum atomic E-state index is -1.58. The van der Waals surface area contributed by atoms with Crippen molar-refractivity contribution in [2.45, 2.75) is 52.6 Å². The molecule has 0 radical (unpaired) electrons. The normalized spacial score (nSPS) is 14.9. The predicted octanol–water partition coefficient (Wildman–Crippen LogP) is -3.96. The minimum Gasteiger partial charge on any atom is -1.00 e. The summed E-state index contributed by atoms with van der Waals surface area (Å²) in [6.45, 7) is 9.47. The smallest absolute Gasteiger partial charge is 1.00 e. The second-order valence-corrected chi connectivity index (χ2v) is 10.6. The predicted molar refractivity (Wildman–Crippen MR) is 91.7 cm³/mol. The number of unbranched alkanes of at least 4 members (excludes halogenated alkanes) is 1. The Bertz CT molecular complexity index is 515. The third kappa shape index (κ3) is 6.67. The van der Waals surface area contributed by atoms with E-state index in [9.17, 15) is 0 Å². The molecule has 1 aromatic rings. The van der Waals surface area contributed by atoms with Gasteiger partial charge in [-0.1, -0.05) is 87.6 Å². The Balaban J connectivity index is -0.00000110. The summed E-state index contributed by atoms with van der Waals surface area (Å²) in [5.74, 6) is 0.598. The summed E-state index contributed by atoms with van der Waals surface area (Å²) in [5, 5.41) is 3.24. The largest absolute Gasteiger partial charge is 4.00 e. The number of halogens is 3. The molecule has 1 aliphatic rings. The van der Waals surface area contributed by atoms with E-state index in [1.165, 1.54) is 24.5 Å². The number of rotatable bonds is 6. The molecule has 0 fully saturated rings. The second-order valence-electron chi connectivity index (χ2n) is 6.37. The van der Waals surface area contributed by atoms with Crippen LogP contribution in [0.15, 0.2) is 47.2 Å². The monoisotopic (exact) mass is 436 g/mol. The molecule has 0 spiro atoms. The Morgan fingerprint density at radius 1 is 1.08 bits per heavy atom. The molecule has 1 unspecified atom stereocenters. The minimum absolute atomic E-state index is 0. The maximum Gasteiger partial charge on any atom is 4.00 e. The van der Waals surface area contributed by atoms with Crippen molar-refractivity contribution >= 4 is 13.3 Å². The Kier molecular flexibility index (Phi) is 16.7. The van der Waals surface area contributed by atoms with E-state index in [1.54, 1.807) is 10.4 Å². The van der Waals surface area contributed by atoms with E-state index in [0.29, 0.717) is 5.92 Å². The van der Waals surface area contributed by atoms with Crippen molar-refractivity contribution in [2.75, 3.05) is 0 Å². The summed E-state index contributed by atoms with van der Waals surface area (Å²) in [5.41, 5.74) is 1.50. The molecule has 1 aromatic carbocycles. The summed E-state index contributed by atoms with van der Waals surface area (Å²) in [7, 11) is -1.58. The van der Waals surface area contributed by atoms with Crippen LogP contribution < -0.4 is 42.4 Å². The summed E-state index contributed by atoms with van der Waals surface area (Å²) in [6, 6.07) is 12.6. The maximum atomic E-state index is 3.62. The molecule has 0 saturated heterocycles. The fourth-order valence-electron chi connectivity index (χ4n) is 3.28. The van der Waals surface area contributed by atoms with Gasteiger partial charge in [-0.25, -0.2) is 5.57 Å². The second kappa shape index (κ2) is 13.7. The molecule has 0 aromatic heterocycles. The van der Waals surface area contributed by atoms with Crippen molar-refractivity contribution in [2.24, 2.45) is 5.92 Å². The van der Waals surface area contributed by atoms with Crippen LogP contribution in [0.1, 0.15) is 40.0 Å². The summed E-state index contributed by atoms with van der Waals surface area (Å²) < 4.78 is 0. The molecule has 0 saturated carbocycles. The summed E-state index contributed by atoms with van der Waals surface area (Å²) in [6.07, 6.45) is 9.72.